The van der Waals surface area contributed by atoms with Gasteiger partial charge in [0.1, 0.15) is 18.6 Å². The number of esters is 1. The highest BCUT2D eigenvalue weighted by molar-refractivity contribution is 7.92. The Labute approximate surface area is 192 Å². The predicted octanol–water partition coefficient (Wildman–Crippen LogP) is 5.12. The second-order valence-electron chi connectivity index (χ2n) is 7.54. The van der Waals surface area contributed by atoms with Crippen molar-refractivity contribution >= 4 is 21.7 Å². The normalized spacial score (nSPS) is 11.2. The molecule has 0 bridgehead atoms. The van der Waals surface area contributed by atoms with Crippen molar-refractivity contribution in [2.75, 3.05) is 4.72 Å². The Kier molecular flexibility index (Phi) is 6.28. The van der Waals surface area contributed by atoms with E-state index < -0.39 is 16.0 Å². The van der Waals surface area contributed by atoms with Crippen LogP contribution < -0.4 is 4.72 Å². The Morgan fingerprint density at radius 2 is 1.73 bits per heavy atom. The van der Waals surface area contributed by atoms with Crippen LogP contribution in [-0.2, 0) is 21.4 Å². The largest absolute Gasteiger partial charge is 0.455 e. The van der Waals surface area contributed by atoms with Gasteiger partial charge in [-0.05, 0) is 67.4 Å². The molecule has 0 fully saturated rings. The quantitative estimate of drug-likeness (QED) is 0.383. The van der Waals surface area contributed by atoms with E-state index in [9.17, 15) is 13.2 Å². The fraction of sp³-hybridized carbons (Fsp3) is 0.120. The first kappa shape index (κ1) is 22.3. The Morgan fingerprint density at radius 3 is 2.45 bits per heavy atom. The summed E-state index contributed by atoms with van der Waals surface area (Å²) in [6, 6.07) is 20.7. The minimum Gasteiger partial charge on any atom is -0.455 e. The van der Waals surface area contributed by atoms with Crippen LogP contribution in [-0.4, -0.2) is 19.4 Å². The van der Waals surface area contributed by atoms with Crippen LogP contribution in [0, 0.1) is 13.8 Å². The molecular formula is C25H22N2O5S. The minimum atomic E-state index is -3.75. The number of hydrogen-bond donors (Lipinski definition) is 1. The van der Waals surface area contributed by atoms with E-state index in [1.165, 1.54) is 30.5 Å². The lowest BCUT2D eigenvalue weighted by atomic mass is 10.2. The van der Waals surface area contributed by atoms with Crippen molar-refractivity contribution in [3.05, 3.63) is 101 Å². The summed E-state index contributed by atoms with van der Waals surface area (Å²) in [6.07, 6.45) is 1.45. The fourth-order valence-corrected chi connectivity index (χ4v) is 4.58. The van der Waals surface area contributed by atoms with Crippen LogP contribution in [0.2, 0.25) is 0 Å². The molecule has 7 nitrogen and oxygen atoms in total. The molecule has 0 saturated carbocycles. The first-order valence-corrected chi connectivity index (χ1v) is 11.7. The van der Waals surface area contributed by atoms with E-state index in [4.69, 9.17) is 9.15 Å². The van der Waals surface area contributed by atoms with E-state index in [0.29, 0.717) is 22.8 Å². The van der Waals surface area contributed by atoms with E-state index in [1.807, 2.05) is 43.3 Å². The summed E-state index contributed by atoms with van der Waals surface area (Å²) in [5, 5.41) is 0. The Bertz CT molecular complexity index is 1380. The van der Waals surface area contributed by atoms with Gasteiger partial charge in [-0.2, -0.15) is 0 Å². The monoisotopic (exact) mass is 462 g/mol. The van der Waals surface area contributed by atoms with Gasteiger partial charge in [0.2, 0.25) is 5.89 Å². The Morgan fingerprint density at radius 1 is 1.00 bits per heavy atom. The zero-order valence-corrected chi connectivity index (χ0v) is 18.9. The van der Waals surface area contributed by atoms with Gasteiger partial charge in [-0.3, -0.25) is 4.72 Å². The highest BCUT2D eigenvalue weighted by atomic mass is 32.2. The number of nitrogens with one attached hydrogen (secondary N) is 1. The lowest BCUT2D eigenvalue weighted by Crippen LogP contribution is -2.14. The van der Waals surface area contributed by atoms with Crippen molar-refractivity contribution in [3.8, 4) is 11.5 Å². The molecular weight excluding hydrogens is 440 g/mol. The van der Waals surface area contributed by atoms with Crippen LogP contribution >= 0.6 is 0 Å². The van der Waals surface area contributed by atoms with Crippen LogP contribution in [0.25, 0.3) is 11.5 Å². The number of benzene rings is 3. The first-order chi connectivity index (χ1) is 15.8. The van der Waals surface area contributed by atoms with Crippen LogP contribution in [0.5, 0.6) is 0 Å². The molecule has 4 aromatic rings. The molecule has 0 radical (unpaired) electrons. The van der Waals surface area contributed by atoms with Crippen molar-refractivity contribution in [1.82, 2.24) is 4.98 Å². The van der Waals surface area contributed by atoms with Crippen molar-refractivity contribution in [2.24, 2.45) is 0 Å². The maximum absolute atomic E-state index is 12.7. The second kappa shape index (κ2) is 9.30. The minimum absolute atomic E-state index is 0.0455. The molecule has 0 atom stereocenters. The summed E-state index contributed by atoms with van der Waals surface area (Å²) >= 11 is 0. The molecule has 0 aliphatic carbocycles. The molecule has 8 heteroatoms. The van der Waals surface area contributed by atoms with Crippen molar-refractivity contribution in [3.63, 3.8) is 0 Å². The van der Waals surface area contributed by atoms with Gasteiger partial charge >= 0.3 is 5.97 Å². The number of carbonyl (C=O) groups excluding carboxylic acids is 1. The van der Waals surface area contributed by atoms with Gasteiger partial charge < -0.3 is 9.15 Å². The lowest BCUT2D eigenvalue weighted by molar-refractivity contribution is 0.0468. The molecule has 0 saturated heterocycles. The van der Waals surface area contributed by atoms with Crippen molar-refractivity contribution < 1.29 is 22.4 Å². The standard InChI is InChI=1S/C25H22N2O5S/c1-17-8-9-18(2)23(14-17)33(29,30)27-21-12-10-20(11-13-21)25(28)32-16-22-15-31-24(26-22)19-6-4-3-5-7-19/h3-15,27H,16H2,1-2H3. The molecule has 0 aliphatic rings. The molecule has 0 aliphatic heterocycles. The molecule has 0 spiro atoms. The first-order valence-electron chi connectivity index (χ1n) is 10.2. The number of ether oxygens (including phenoxy) is 1. The van der Waals surface area contributed by atoms with E-state index in [2.05, 4.69) is 9.71 Å². The molecule has 1 N–H and O–H groups in total. The second-order valence-corrected chi connectivity index (χ2v) is 9.19. The number of carbonyl (C=O) groups is 1. The third-order valence-electron chi connectivity index (χ3n) is 4.93. The van der Waals surface area contributed by atoms with Crippen LogP contribution in [0.1, 0.15) is 27.2 Å². The van der Waals surface area contributed by atoms with Gasteiger partial charge in [-0.1, -0.05) is 30.3 Å². The molecule has 0 unspecified atom stereocenters. The van der Waals surface area contributed by atoms with Gasteiger partial charge in [0.05, 0.1) is 10.5 Å². The third-order valence-corrected chi connectivity index (χ3v) is 6.45. The lowest BCUT2D eigenvalue weighted by Gasteiger charge is -2.11. The molecule has 3 aromatic carbocycles. The number of aryl methyl sites for hydroxylation is 2. The fourth-order valence-electron chi connectivity index (χ4n) is 3.19. The predicted molar refractivity (Wildman–Crippen MR) is 124 cm³/mol. The summed E-state index contributed by atoms with van der Waals surface area (Å²) in [5.74, 6) is -0.106. The number of rotatable bonds is 7. The zero-order valence-electron chi connectivity index (χ0n) is 18.1. The molecule has 1 heterocycles. The number of nitrogens with zero attached hydrogens (tertiary/aromatic N) is 1. The van der Waals surface area contributed by atoms with Gasteiger partial charge in [-0.25, -0.2) is 18.2 Å². The van der Waals surface area contributed by atoms with E-state index in [0.717, 1.165) is 11.1 Å². The van der Waals surface area contributed by atoms with E-state index in [-0.39, 0.29) is 17.1 Å². The summed E-state index contributed by atoms with van der Waals surface area (Å²) in [7, 11) is -3.75. The molecule has 168 valence electrons. The van der Waals surface area contributed by atoms with Gasteiger partial charge in [0, 0.05) is 11.3 Å². The maximum Gasteiger partial charge on any atom is 0.338 e. The highest BCUT2D eigenvalue weighted by Gasteiger charge is 2.18. The SMILES string of the molecule is Cc1ccc(C)c(S(=O)(=O)Nc2ccc(C(=O)OCc3coc(-c4ccccc4)n3)cc2)c1. The summed E-state index contributed by atoms with van der Waals surface area (Å²) < 4.78 is 38.8. The van der Waals surface area contributed by atoms with Gasteiger partial charge in [0.25, 0.3) is 10.0 Å². The van der Waals surface area contributed by atoms with Crippen LogP contribution in [0.4, 0.5) is 5.69 Å². The highest BCUT2D eigenvalue weighted by Crippen LogP contribution is 2.22. The number of sulfonamides is 1. The van der Waals surface area contributed by atoms with Gasteiger partial charge in [-0.15, -0.1) is 0 Å². The summed E-state index contributed by atoms with van der Waals surface area (Å²) in [5.41, 5.74) is 3.45. The molecule has 33 heavy (non-hydrogen) atoms. The summed E-state index contributed by atoms with van der Waals surface area (Å²) in [4.78, 5) is 16.9. The number of anilines is 1. The summed E-state index contributed by atoms with van der Waals surface area (Å²) in [6.45, 7) is 3.53. The third kappa shape index (κ3) is 5.30. The average Bonchev–Trinajstić information content (AvgIpc) is 3.29. The average molecular weight is 463 g/mol. The van der Waals surface area contributed by atoms with Crippen LogP contribution in [0.3, 0.4) is 0 Å². The Hall–Kier alpha value is -3.91. The smallest absolute Gasteiger partial charge is 0.338 e. The van der Waals surface area contributed by atoms with E-state index in [1.54, 1.807) is 19.1 Å². The van der Waals surface area contributed by atoms with Crippen molar-refractivity contribution in [2.45, 2.75) is 25.3 Å². The van der Waals surface area contributed by atoms with Gasteiger partial charge in [0.15, 0.2) is 0 Å². The molecule has 4 rings (SSSR count). The maximum atomic E-state index is 12.7. The number of hydrogen-bond acceptors (Lipinski definition) is 6. The molecule has 1 aromatic heterocycles. The Balaban J connectivity index is 1.38. The number of oxazole rings is 1. The van der Waals surface area contributed by atoms with Crippen LogP contribution in [0.15, 0.2) is 88.4 Å². The van der Waals surface area contributed by atoms with E-state index >= 15 is 0 Å². The van der Waals surface area contributed by atoms with Crippen molar-refractivity contribution in [1.29, 1.82) is 0 Å². The molecule has 0 amide bonds. The zero-order chi connectivity index (χ0) is 23.4. The topological polar surface area (TPSA) is 98.5 Å². The number of aromatic nitrogens is 1.